The van der Waals surface area contributed by atoms with Gasteiger partial charge in [-0.25, -0.2) is 0 Å². The van der Waals surface area contributed by atoms with Crippen LogP contribution in [0.4, 0.5) is 0 Å². The second-order valence-corrected chi connectivity index (χ2v) is 5.57. The summed E-state index contributed by atoms with van der Waals surface area (Å²) in [6, 6.07) is 2.08. The van der Waals surface area contributed by atoms with E-state index in [1.54, 1.807) is 13.0 Å². The zero-order valence-electron chi connectivity index (χ0n) is 12.2. The van der Waals surface area contributed by atoms with Crippen molar-refractivity contribution in [3.63, 3.8) is 0 Å². The molecule has 21 heavy (non-hydrogen) atoms. The number of fused-ring (bicyclic) bond motifs is 1. The highest BCUT2D eigenvalue weighted by molar-refractivity contribution is 5.92. The quantitative estimate of drug-likeness (QED) is 0.635. The molecule has 2 N–H and O–H groups in total. The fourth-order valence-electron chi connectivity index (χ4n) is 3.39. The monoisotopic (exact) mass is 288 g/mol. The molecule has 2 atom stereocenters. The van der Waals surface area contributed by atoms with Crippen LogP contribution in [0, 0.1) is 22.2 Å². The summed E-state index contributed by atoms with van der Waals surface area (Å²) in [5, 5.41) is 9.62. The molecule has 5 nitrogen and oxygen atoms in total. The van der Waals surface area contributed by atoms with E-state index < -0.39 is 16.7 Å². The normalized spacial score (nSPS) is 31.3. The number of nitrogens with zero attached hydrogens (tertiary/aromatic N) is 1. The topological polar surface area (TPSA) is 93.2 Å². The van der Waals surface area contributed by atoms with Crippen LogP contribution in [-0.2, 0) is 14.3 Å². The number of rotatable bonds is 3. The molecule has 0 aromatic heterocycles. The zero-order chi connectivity index (χ0) is 15.5. The van der Waals surface area contributed by atoms with Gasteiger partial charge in [-0.15, -0.1) is 0 Å². The molecule has 2 aliphatic rings. The van der Waals surface area contributed by atoms with Crippen molar-refractivity contribution in [1.29, 1.82) is 5.26 Å². The third-order valence-electron chi connectivity index (χ3n) is 4.47. The van der Waals surface area contributed by atoms with Gasteiger partial charge < -0.3 is 10.5 Å². The number of hydrogen-bond donors (Lipinski definition) is 1. The largest absolute Gasteiger partial charge is 0.465 e. The summed E-state index contributed by atoms with van der Waals surface area (Å²) >= 11 is 0. The van der Waals surface area contributed by atoms with Crippen LogP contribution < -0.4 is 5.73 Å². The number of nitrogens with two attached hydrogens (primary N) is 1. The van der Waals surface area contributed by atoms with E-state index in [1.807, 2.05) is 12.2 Å². The van der Waals surface area contributed by atoms with Gasteiger partial charge >= 0.3 is 5.97 Å². The van der Waals surface area contributed by atoms with Gasteiger partial charge in [-0.1, -0.05) is 18.2 Å². The van der Waals surface area contributed by atoms with Crippen LogP contribution >= 0.6 is 0 Å². The SMILES string of the molecule is CCOC(=O)[C@@]12CC=CC[C@](C#N)(C(N)=O)C1=CCCC2. The molecule has 0 fully saturated rings. The summed E-state index contributed by atoms with van der Waals surface area (Å²) in [7, 11) is 0. The standard InChI is InChI=1S/C16H20N2O3/c1-2-21-14(20)15-8-4-3-7-12(15)16(11-17,13(18)19)10-6-5-9-15/h5-7H,2-4,8-10H2,1H3,(H2,18,19)/t15-,16+/m0/s1. The van der Waals surface area contributed by atoms with Crippen molar-refractivity contribution in [2.75, 3.05) is 6.61 Å². The Bertz CT molecular complexity index is 558. The van der Waals surface area contributed by atoms with E-state index in [4.69, 9.17) is 10.5 Å². The molecule has 0 radical (unpaired) electrons. The van der Waals surface area contributed by atoms with Crippen molar-refractivity contribution in [3.05, 3.63) is 23.8 Å². The van der Waals surface area contributed by atoms with Gasteiger partial charge in [0.05, 0.1) is 18.1 Å². The first-order valence-corrected chi connectivity index (χ1v) is 7.28. The molecule has 0 unspecified atom stereocenters. The Morgan fingerprint density at radius 2 is 2.14 bits per heavy atom. The number of hydrogen-bond acceptors (Lipinski definition) is 4. The molecule has 2 aliphatic carbocycles. The van der Waals surface area contributed by atoms with Gasteiger partial charge in [0, 0.05) is 0 Å². The third-order valence-corrected chi connectivity index (χ3v) is 4.47. The lowest BCUT2D eigenvalue weighted by atomic mass is 9.61. The summed E-state index contributed by atoms with van der Waals surface area (Å²) in [5.74, 6) is -1.05. The van der Waals surface area contributed by atoms with Crippen LogP contribution in [0.2, 0.25) is 0 Å². The minimum absolute atomic E-state index is 0.214. The lowest BCUT2D eigenvalue weighted by molar-refractivity contribution is -0.154. The Hall–Kier alpha value is -2.09. The summed E-state index contributed by atoms with van der Waals surface area (Å²) in [6.07, 6.45) is 8.30. The molecular formula is C16H20N2O3. The number of allylic oxidation sites excluding steroid dienone is 3. The lowest BCUT2D eigenvalue weighted by Gasteiger charge is -2.40. The van der Waals surface area contributed by atoms with E-state index in [9.17, 15) is 14.9 Å². The van der Waals surface area contributed by atoms with Crippen LogP contribution in [0.15, 0.2) is 23.8 Å². The molecule has 0 saturated carbocycles. The first kappa shape index (κ1) is 15.3. The number of nitriles is 1. The second kappa shape index (κ2) is 5.72. The minimum atomic E-state index is -1.44. The van der Waals surface area contributed by atoms with E-state index in [0.29, 0.717) is 18.4 Å². The van der Waals surface area contributed by atoms with Crippen LogP contribution in [0.25, 0.3) is 0 Å². The number of esters is 1. The second-order valence-electron chi connectivity index (χ2n) is 5.57. The molecule has 0 heterocycles. The molecule has 2 rings (SSSR count). The minimum Gasteiger partial charge on any atom is -0.465 e. The number of primary amides is 1. The van der Waals surface area contributed by atoms with Crippen LogP contribution in [-0.4, -0.2) is 18.5 Å². The molecule has 0 aliphatic heterocycles. The first-order valence-electron chi connectivity index (χ1n) is 7.28. The maximum atomic E-state index is 12.6. The van der Waals surface area contributed by atoms with Crippen LogP contribution in [0.1, 0.15) is 39.0 Å². The van der Waals surface area contributed by atoms with Gasteiger partial charge in [0.1, 0.15) is 0 Å². The van der Waals surface area contributed by atoms with Gasteiger partial charge in [-0.2, -0.15) is 5.26 Å². The Kier molecular flexibility index (Phi) is 4.17. The number of carbonyl (C=O) groups is 2. The molecule has 0 bridgehead atoms. The van der Waals surface area contributed by atoms with Crippen LogP contribution in [0.3, 0.4) is 0 Å². The van der Waals surface area contributed by atoms with E-state index in [1.165, 1.54) is 0 Å². The van der Waals surface area contributed by atoms with Crippen LogP contribution in [0.5, 0.6) is 0 Å². The number of amides is 1. The maximum Gasteiger partial charge on any atom is 0.316 e. The highest BCUT2D eigenvalue weighted by Crippen LogP contribution is 2.52. The van der Waals surface area contributed by atoms with E-state index in [0.717, 1.165) is 12.8 Å². The third kappa shape index (κ3) is 2.25. The highest BCUT2D eigenvalue weighted by Gasteiger charge is 2.55. The Morgan fingerprint density at radius 3 is 2.76 bits per heavy atom. The van der Waals surface area contributed by atoms with Gasteiger partial charge in [-0.3, -0.25) is 9.59 Å². The number of carbonyl (C=O) groups excluding carboxylic acids is 2. The predicted molar refractivity (Wildman–Crippen MR) is 76.6 cm³/mol. The van der Waals surface area contributed by atoms with E-state index >= 15 is 0 Å². The molecule has 112 valence electrons. The summed E-state index contributed by atoms with van der Waals surface area (Å²) in [6.45, 7) is 2.02. The van der Waals surface area contributed by atoms with Gasteiger partial charge in [0.25, 0.3) is 0 Å². The van der Waals surface area contributed by atoms with Crippen molar-refractivity contribution in [1.82, 2.24) is 0 Å². The Balaban J connectivity index is 2.62. The van der Waals surface area contributed by atoms with Gasteiger partial charge in [-0.05, 0) is 44.6 Å². The zero-order valence-corrected chi connectivity index (χ0v) is 12.2. The molecule has 0 saturated heterocycles. The predicted octanol–water partition coefficient (Wildman–Crippen LogP) is 1.99. The van der Waals surface area contributed by atoms with Crippen molar-refractivity contribution in [3.8, 4) is 6.07 Å². The Morgan fingerprint density at radius 1 is 1.43 bits per heavy atom. The molecule has 0 aromatic rings. The Labute approximate surface area is 124 Å². The summed E-state index contributed by atoms with van der Waals surface area (Å²) < 4.78 is 5.24. The van der Waals surface area contributed by atoms with Gasteiger partial charge in [0.2, 0.25) is 5.91 Å². The maximum absolute atomic E-state index is 12.6. The van der Waals surface area contributed by atoms with E-state index in [2.05, 4.69) is 6.07 Å². The fraction of sp³-hybridized carbons (Fsp3) is 0.562. The van der Waals surface area contributed by atoms with Crippen molar-refractivity contribution >= 4 is 11.9 Å². The average molecular weight is 288 g/mol. The lowest BCUT2D eigenvalue weighted by Crippen LogP contribution is -2.47. The van der Waals surface area contributed by atoms with Crippen molar-refractivity contribution in [2.24, 2.45) is 16.6 Å². The molecule has 1 amide bonds. The van der Waals surface area contributed by atoms with Crippen molar-refractivity contribution < 1.29 is 14.3 Å². The summed E-state index contributed by atoms with van der Waals surface area (Å²) in [5.41, 5.74) is 3.71. The fourth-order valence-corrected chi connectivity index (χ4v) is 3.39. The number of ether oxygens (including phenoxy) is 1. The molecule has 0 aromatic carbocycles. The summed E-state index contributed by atoms with van der Waals surface area (Å²) in [4.78, 5) is 24.6. The molecule has 0 spiro atoms. The van der Waals surface area contributed by atoms with Crippen molar-refractivity contribution in [2.45, 2.75) is 39.0 Å². The first-order chi connectivity index (χ1) is 10.0. The average Bonchev–Trinajstić information content (AvgIpc) is 2.65. The smallest absolute Gasteiger partial charge is 0.316 e. The molecular weight excluding hydrogens is 268 g/mol. The van der Waals surface area contributed by atoms with E-state index in [-0.39, 0.29) is 19.0 Å². The van der Waals surface area contributed by atoms with Gasteiger partial charge in [0.15, 0.2) is 5.41 Å². The highest BCUT2D eigenvalue weighted by atomic mass is 16.5. The molecule has 5 heteroatoms.